The minimum absolute atomic E-state index is 0.0249. The van der Waals surface area contributed by atoms with Crippen molar-refractivity contribution in [2.45, 2.75) is 52.3 Å². The molecule has 0 spiro atoms. The van der Waals surface area contributed by atoms with Crippen LogP contribution in [0, 0.1) is 6.92 Å². The molecule has 5 aromatic rings. The lowest BCUT2D eigenvalue weighted by Gasteiger charge is -2.33. The van der Waals surface area contributed by atoms with Gasteiger partial charge in [0.05, 0.1) is 5.56 Å². The largest absolute Gasteiger partial charge is 0.489 e. The van der Waals surface area contributed by atoms with E-state index in [2.05, 4.69) is 19.1 Å². The molecular formula is C41H42N2O4. The number of ether oxygens (including phenoxy) is 1. The molecule has 0 saturated heterocycles. The van der Waals surface area contributed by atoms with Crippen molar-refractivity contribution in [3.05, 3.63) is 161 Å². The highest BCUT2D eigenvalue weighted by molar-refractivity contribution is 5.96. The summed E-state index contributed by atoms with van der Waals surface area (Å²) in [5.74, 6) is 0.0826. The Kier molecular flexibility index (Phi) is 11.2. The summed E-state index contributed by atoms with van der Waals surface area (Å²) in [5, 5.41) is 13.7. The van der Waals surface area contributed by atoms with E-state index >= 15 is 0 Å². The standard InChI is InChI=1S/C41H42N2O4/c1-30(35-15-8-5-9-16-35)18-25-40(44)42(3)43(27-32-19-22-36(23-20-32)47-29-33-13-6-4-7-14-33)28-34-21-24-38(41(45)46)39(26-34)37-17-11-10-12-31(37)2/h4-17,19-24,26,30H,18,25,27-29H2,1-3H3,(H,45,46). The number of carboxylic acids is 1. The van der Waals surface area contributed by atoms with Crippen molar-refractivity contribution in [2.24, 2.45) is 0 Å². The van der Waals surface area contributed by atoms with Crippen molar-refractivity contribution >= 4 is 11.9 Å². The molecule has 1 N–H and O–H groups in total. The molecule has 0 aliphatic heterocycles. The molecule has 1 unspecified atom stereocenters. The molecule has 6 nitrogen and oxygen atoms in total. The maximum atomic E-state index is 13.6. The van der Waals surface area contributed by atoms with Crippen LogP contribution in [0.2, 0.25) is 0 Å². The number of nitrogens with zero attached hydrogens (tertiary/aromatic N) is 2. The Morgan fingerprint density at radius 3 is 2.02 bits per heavy atom. The minimum Gasteiger partial charge on any atom is -0.489 e. The molecule has 0 aliphatic rings. The highest BCUT2D eigenvalue weighted by atomic mass is 16.5. The Morgan fingerprint density at radius 2 is 1.34 bits per heavy atom. The summed E-state index contributed by atoms with van der Waals surface area (Å²) in [6.45, 7) is 5.52. The number of hydrazine groups is 1. The second-order valence-electron chi connectivity index (χ2n) is 12.0. The maximum Gasteiger partial charge on any atom is 0.336 e. The second-order valence-corrected chi connectivity index (χ2v) is 12.0. The third-order valence-electron chi connectivity index (χ3n) is 8.60. The van der Waals surface area contributed by atoms with E-state index in [0.29, 0.717) is 31.7 Å². The van der Waals surface area contributed by atoms with E-state index in [1.54, 1.807) is 11.1 Å². The first-order valence-electron chi connectivity index (χ1n) is 16.0. The van der Waals surface area contributed by atoms with Gasteiger partial charge in [0.25, 0.3) is 0 Å². The van der Waals surface area contributed by atoms with Gasteiger partial charge in [-0.15, -0.1) is 0 Å². The fourth-order valence-corrected chi connectivity index (χ4v) is 5.70. The average molecular weight is 627 g/mol. The van der Waals surface area contributed by atoms with Crippen LogP contribution in [-0.2, 0) is 24.5 Å². The quantitative estimate of drug-likeness (QED) is 0.125. The van der Waals surface area contributed by atoms with Gasteiger partial charge in [0.15, 0.2) is 0 Å². The first kappa shape index (κ1) is 33.2. The molecule has 0 fully saturated rings. The van der Waals surface area contributed by atoms with Crippen LogP contribution in [-0.4, -0.2) is 34.0 Å². The molecule has 6 heteroatoms. The Hall–Kier alpha value is -5.20. The van der Waals surface area contributed by atoms with Gasteiger partial charge in [-0.1, -0.05) is 110 Å². The van der Waals surface area contributed by atoms with E-state index in [9.17, 15) is 14.7 Å². The Labute approximate surface area is 277 Å². The zero-order valence-corrected chi connectivity index (χ0v) is 27.3. The fourth-order valence-electron chi connectivity index (χ4n) is 5.70. The van der Waals surface area contributed by atoms with Crippen LogP contribution in [0.3, 0.4) is 0 Å². The Balaban J connectivity index is 1.36. The van der Waals surface area contributed by atoms with Crippen LogP contribution in [0.25, 0.3) is 11.1 Å². The van der Waals surface area contributed by atoms with Gasteiger partial charge < -0.3 is 9.84 Å². The number of hydrogen-bond donors (Lipinski definition) is 1. The van der Waals surface area contributed by atoms with E-state index in [0.717, 1.165) is 40.0 Å². The molecule has 0 saturated carbocycles. The normalized spacial score (nSPS) is 11.7. The lowest BCUT2D eigenvalue weighted by molar-refractivity contribution is -0.148. The molecule has 1 amide bonds. The zero-order chi connectivity index (χ0) is 33.2. The van der Waals surface area contributed by atoms with E-state index in [1.807, 2.05) is 128 Å². The second kappa shape index (κ2) is 15.9. The highest BCUT2D eigenvalue weighted by Crippen LogP contribution is 2.29. The van der Waals surface area contributed by atoms with Gasteiger partial charge in [-0.3, -0.25) is 9.80 Å². The Morgan fingerprint density at radius 1 is 0.723 bits per heavy atom. The van der Waals surface area contributed by atoms with Gasteiger partial charge in [0.2, 0.25) is 5.91 Å². The van der Waals surface area contributed by atoms with Crippen LogP contribution in [0.15, 0.2) is 127 Å². The predicted molar refractivity (Wildman–Crippen MR) is 187 cm³/mol. The number of amides is 1. The lowest BCUT2D eigenvalue weighted by Crippen LogP contribution is -2.43. The monoisotopic (exact) mass is 626 g/mol. The smallest absolute Gasteiger partial charge is 0.336 e. The van der Waals surface area contributed by atoms with Crippen LogP contribution >= 0.6 is 0 Å². The average Bonchev–Trinajstić information content (AvgIpc) is 3.10. The molecule has 5 aromatic carbocycles. The van der Waals surface area contributed by atoms with E-state index in [4.69, 9.17) is 4.74 Å². The van der Waals surface area contributed by atoms with Gasteiger partial charge in [-0.2, -0.15) is 0 Å². The number of benzene rings is 5. The number of carbonyl (C=O) groups excluding carboxylic acids is 1. The highest BCUT2D eigenvalue weighted by Gasteiger charge is 2.21. The number of rotatable bonds is 14. The van der Waals surface area contributed by atoms with Gasteiger partial charge in [0.1, 0.15) is 12.4 Å². The summed E-state index contributed by atoms with van der Waals surface area (Å²) in [5.41, 5.74) is 7.05. The molecule has 1 atom stereocenters. The van der Waals surface area contributed by atoms with Crippen molar-refractivity contribution in [3.63, 3.8) is 0 Å². The summed E-state index contributed by atoms with van der Waals surface area (Å²) in [6.07, 6.45) is 1.14. The van der Waals surface area contributed by atoms with Gasteiger partial charge >= 0.3 is 5.97 Å². The molecule has 0 aromatic heterocycles. The molecule has 47 heavy (non-hydrogen) atoms. The number of hydrogen-bond acceptors (Lipinski definition) is 4. The first-order valence-corrected chi connectivity index (χ1v) is 16.0. The van der Waals surface area contributed by atoms with E-state index in [1.165, 1.54) is 5.56 Å². The minimum atomic E-state index is -0.971. The summed E-state index contributed by atoms with van der Waals surface area (Å²) >= 11 is 0. The molecule has 5 rings (SSSR count). The topological polar surface area (TPSA) is 70.1 Å². The number of aromatic carboxylic acids is 1. The Bertz CT molecular complexity index is 1770. The fraction of sp³-hybridized carbons (Fsp3) is 0.220. The maximum absolute atomic E-state index is 13.6. The van der Waals surface area contributed by atoms with Crippen LogP contribution < -0.4 is 4.74 Å². The van der Waals surface area contributed by atoms with Crippen LogP contribution in [0.5, 0.6) is 5.75 Å². The summed E-state index contributed by atoms with van der Waals surface area (Å²) in [6, 6.07) is 41.5. The first-order chi connectivity index (χ1) is 22.8. The lowest BCUT2D eigenvalue weighted by atomic mass is 9.94. The van der Waals surface area contributed by atoms with Crippen molar-refractivity contribution < 1.29 is 19.4 Å². The molecule has 0 bridgehead atoms. The SMILES string of the molecule is Cc1ccccc1-c1cc(CN(Cc2ccc(OCc3ccccc3)cc2)N(C)C(=O)CCC(C)c2ccccc2)ccc1C(=O)O. The molecular weight excluding hydrogens is 584 g/mol. The zero-order valence-electron chi connectivity index (χ0n) is 27.3. The third-order valence-corrected chi connectivity index (χ3v) is 8.60. The van der Waals surface area contributed by atoms with Crippen molar-refractivity contribution in [3.8, 4) is 16.9 Å². The molecule has 0 heterocycles. The molecule has 240 valence electrons. The number of carboxylic acid groups (broad SMARTS) is 1. The van der Waals surface area contributed by atoms with Crippen molar-refractivity contribution in [1.82, 2.24) is 10.0 Å². The van der Waals surface area contributed by atoms with Gasteiger partial charge in [-0.25, -0.2) is 9.80 Å². The van der Waals surface area contributed by atoms with Crippen molar-refractivity contribution in [1.29, 1.82) is 0 Å². The molecule has 0 radical (unpaired) electrons. The summed E-state index contributed by atoms with van der Waals surface area (Å²) < 4.78 is 5.99. The summed E-state index contributed by atoms with van der Waals surface area (Å²) in [7, 11) is 1.82. The van der Waals surface area contributed by atoms with Crippen LogP contribution in [0.1, 0.15) is 63.9 Å². The molecule has 0 aliphatic carbocycles. The third kappa shape index (κ3) is 8.96. The van der Waals surface area contributed by atoms with E-state index < -0.39 is 5.97 Å². The van der Waals surface area contributed by atoms with Gasteiger partial charge in [-0.05, 0) is 82.5 Å². The predicted octanol–water partition coefficient (Wildman–Crippen LogP) is 8.90. The van der Waals surface area contributed by atoms with Crippen molar-refractivity contribution in [2.75, 3.05) is 7.05 Å². The number of aryl methyl sites for hydroxylation is 1. The van der Waals surface area contributed by atoms with E-state index in [-0.39, 0.29) is 17.4 Å². The number of carbonyl (C=O) groups is 2. The summed E-state index contributed by atoms with van der Waals surface area (Å²) in [4.78, 5) is 25.8. The van der Waals surface area contributed by atoms with Gasteiger partial charge in [0, 0.05) is 26.6 Å². The van der Waals surface area contributed by atoms with Crippen LogP contribution in [0.4, 0.5) is 0 Å².